The van der Waals surface area contributed by atoms with Crippen molar-refractivity contribution in [3.8, 4) is 5.75 Å². The second-order valence-electron chi connectivity index (χ2n) is 11.5. The van der Waals surface area contributed by atoms with E-state index in [1.807, 2.05) is 38.1 Å². The molecule has 232 valence electrons. The van der Waals surface area contributed by atoms with E-state index in [0.29, 0.717) is 18.9 Å². The van der Waals surface area contributed by atoms with Crippen molar-refractivity contribution in [1.29, 1.82) is 0 Å². The van der Waals surface area contributed by atoms with E-state index in [2.05, 4.69) is 12.2 Å². The Kier molecular flexibility index (Phi) is 18.9. The maximum atomic E-state index is 12.4. The third kappa shape index (κ3) is 19.4. The second-order valence-corrected chi connectivity index (χ2v) is 11.5. The Morgan fingerprint density at radius 2 is 1.51 bits per heavy atom. The molecule has 1 fully saturated rings. The maximum absolute atomic E-state index is 12.4. The molecule has 1 saturated carbocycles. The molecule has 1 unspecified atom stereocenters. The Labute approximate surface area is 248 Å². The van der Waals surface area contributed by atoms with Gasteiger partial charge in [0.25, 0.3) is 0 Å². The first-order chi connectivity index (χ1) is 20.0. The molecule has 0 aliphatic heterocycles. The van der Waals surface area contributed by atoms with E-state index >= 15 is 0 Å². The van der Waals surface area contributed by atoms with E-state index in [4.69, 9.17) is 18.9 Å². The highest BCUT2D eigenvalue weighted by molar-refractivity contribution is 5.91. The minimum Gasteiger partial charge on any atom is -0.490 e. The summed E-state index contributed by atoms with van der Waals surface area (Å²) in [5.74, 6) is 0.372. The summed E-state index contributed by atoms with van der Waals surface area (Å²) in [7, 11) is 0. The van der Waals surface area contributed by atoms with E-state index in [0.717, 1.165) is 50.5 Å². The van der Waals surface area contributed by atoms with Crippen molar-refractivity contribution in [3.63, 3.8) is 0 Å². The minimum absolute atomic E-state index is 0.201. The second kappa shape index (κ2) is 22.2. The average molecular weight is 574 g/mol. The molecule has 0 radical (unpaired) electrons. The summed E-state index contributed by atoms with van der Waals surface area (Å²) < 4.78 is 22.4. The zero-order valence-electron chi connectivity index (χ0n) is 25.9. The van der Waals surface area contributed by atoms with Crippen molar-refractivity contribution in [2.24, 2.45) is 5.92 Å². The fourth-order valence-corrected chi connectivity index (χ4v) is 4.32. The van der Waals surface area contributed by atoms with Crippen LogP contribution in [0.2, 0.25) is 0 Å². The number of nitrogens with one attached hydrogen (secondary N) is 1. The molecule has 1 aromatic rings. The normalized spacial score (nSPS) is 14.0. The Hall–Kier alpha value is -2.38. The van der Waals surface area contributed by atoms with Crippen LogP contribution in [0.3, 0.4) is 0 Å². The predicted octanol–water partition coefficient (Wildman–Crippen LogP) is 6.96. The third-order valence-electron chi connectivity index (χ3n) is 7.08. The zero-order valence-corrected chi connectivity index (χ0v) is 25.9. The lowest BCUT2D eigenvalue weighted by atomic mass is 10.1. The summed E-state index contributed by atoms with van der Waals surface area (Å²) in [6, 6.07) is 8.15. The monoisotopic (exact) mass is 573 g/mol. The summed E-state index contributed by atoms with van der Waals surface area (Å²) in [6.07, 6.45) is 17.5. The summed E-state index contributed by atoms with van der Waals surface area (Å²) >= 11 is 0. The van der Waals surface area contributed by atoms with Crippen molar-refractivity contribution in [3.05, 3.63) is 42.0 Å². The number of hydrogen-bond acceptors (Lipinski definition) is 7. The van der Waals surface area contributed by atoms with E-state index in [1.54, 1.807) is 0 Å². The Morgan fingerprint density at radius 1 is 0.878 bits per heavy atom. The molecule has 0 saturated heterocycles. The molecule has 0 aromatic heterocycles. The van der Waals surface area contributed by atoms with Gasteiger partial charge in [-0.05, 0) is 49.3 Å². The van der Waals surface area contributed by atoms with Gasteiger partial charge in [0, 0.05) is 31.3 Å². The van der Waals surface area contributed by atoms with E-state index < -0.39 is 18.0 Å². The molecule has 7 heteroatoms. The number of rotatable bonds is 25. The van der Waals surface area contributed by atoms with Crippen LogP contribution in [0.4, 0.5) is 0 Å². The number of benzene rings is 1. The SMILES string of the molecule is CCCCCCCCCCCCOC(=O)/C=C\C(=O)OC(CNC(C)C)COc1ccc(CCOCC2CC2)cc1. The molecule has 0 bridgehead atoms. The van der Waals surface area contributed by atoms with Gasteiger partial charge >= 0.3 is 11.9 Å². The van der Waals surface area contributed by atoms with Crippen LogP contribution in [0.15, 0.2) is 36.4 Å². The highest BCUT2D eigenvalue weighted by Gasteiger charge is 2.21. The minimum atomic E-state index is -0.596. The van der Waals surface area contributed by atoms with Gasteiger partial charge in [0.15, 0.2) is 0 Å². The van der Waals surface area contributed by atoms with Gasteiger partial charge in [-0.15, -0.1) is 0 Å². The lowest BCUT2D eigenvalue weighted by Crippen LogP contribution is -2.38. The highest BCUT2D eigenvalue weighted by atomic mass is 16.6. The highest BCUT2D eigenvalue weighted by Crippen LogP contribution is 2.28. The van der Waals surface area contributed by atoms with Crippen molar-refractivity contribution in [2.75, 3.05) is 33.0 Å². The van der Waals surface area contributed by atoms with Gasteiger partial charge in [-0.1, -0.05) is 90.7 Å². The van der Waals surface area contributed by atoms with Crippen molar-refractivity contribution < 1.29 is 28.5 Å². The number of esters is 2. The van der Waals surface area contributed by atoms with Crippen LogP contribution in [-0.2, 0) is 30.2 Å². The maximum Gasteiger partial charge on any atom is 0.331 e. The lowest BCUT2D eigenvalue weighted by Gasteiger charge is -2.20. The van der Waals surface area contributed by atoms with Gasteiger partial charge in [-0.3, -0.25) is 0 Å². The number of hydrogen-bond donors (Lipinski definition) is 1. The molecule has 1 aliphatic rings. The summed E-state index contributed by atoms with van der Waals surface area (Å²) in [5.41, 5.74) is 1.20. The summed E-state index contributed by atoms with van der Waals surface area (Å²) in [5, 5.41) is 3.28. The summed E-state index contributed by atoms with van der Waals surface area (Å²) in [6.45, 7) is 8.91. The number of unbranched alkanes of at least 4 members (excludes halogenated alkanes) is 9. The van der Waals surface area contributed by atoms with Gasteiger partial charge in [0.1, 0.15) is 18.5 Å². The molecule has 2 rings (SSSR count). The van der Waals surface area contributed by atoms with Crippen LogP contribution in [-0.4, -0.2) is 57.1 Å². The van der Waals surface area contributed by atoms with Crippen LogP contribution in [0.1, 0.15) is 103 Å². The van der Waals surface area contributed by atoms with Crippen LogP contribution in [0.5, 0.6) is 5.75 Å². The molecule has 41 heavy (non-hydrogen) atoms. The largest absolute Gasteiger partial charge is 0.490 e. The number of carbonyl (C=O) groups excluding carboxylic acids is 2. The van der Waals surface area contributed by atoms with Gasteiger partial charge in [0.2, 0.25) is 0 Å². The van der Waals surface area contributed by atoms with Gasteiger partial charge in [-0.2, -0.15) is 0 Å². The third-order valence-corrected chi connectivity index (χ3v) is 7.08. The molecule has 0 spiro atoms. The quantitative estimate of drug-likeness (QED) is 0.0769. The molecule has 1 aromatic carbocycles. The first-order valence-corrected chi connectivity index (χ1v) is 16.0. The van der Waals surface area contributed by atoms with Crippen molar-refractivity contribution in [1.82, 2.24) is 5.32 Å². The van der Waals surface area contributed by atoms with Crippen molar-refractivity contribution >= 4 is 11.9 Å². The first kappa shape index (κ1) is 34.8. The fourth-order valence-electron chi connectivity index (χ4n) is 4.32. The van der Waals surface area contributed by atoms with Crippen LogP contribution in [0, 0.1) is 5.92 Å². The van der Waals surface area contributed by atoms with Crippen LogP contribution in [0.25, 0.3) is 0 Å². The smallest absolute Gasteiger partial charge is 0.331 e. The Balaban J connectivity index is 1.61. The molecule has 0 heterocycles. The molecule has 0 amide bonds. The number of carbonyl (C=O) groups is 2. The first-order valence-electron chi connectivity index (χ1n) is 16.0. The van der Waals surface area contributed by atoms with E-state index in [-0.39, 0.29) is 12.6 Å². The predicted molar refractivity (Wildman–Crippen MR) is 164 cm³/mol. The molecule has 1 atom stereocenters. The molecular weight excluding hydrogens is 518 g/mol. The topological polar surface area (TPSA) is 83.1 Å². The summed E-state index contributed by atoms with van der Waals surface area (Å²) in [4.78, 5) is 24.4. The van der Waals surface area contributed by atoms with Gasteiger partial charge in [0.05, 0.1) is 13.2 Å². The average Bonchev–Trinajstić information content (AvgIpc) is 3.79. The van der Waals surface area contributed by atoms with Crippen LogP contribution < -0.4 is 10.1 Å². The van der Waals surface area contributed by atoms with E-state index in [1.165, 1.54) is 69.8 Å². The number of ether oxygens (including phenoxy) is 4. The molecule has 1 aliphatic carbocycles. The fraction of sp³-hybridized carbons (Fsp3) is 0.706. The molecular formula is C34H55NO6. The van der Waals surface area contributed by atoms with Gasteiger partial charge in [-0.25, -0.2) is 9.59 Å². The van der Waals surface area contributed by atoms with Crippen LogP contribution >= 0.6 is 0 Å². The van der Waals surface area contributed by atoms with E-state index in [9.17, 15) is 9.59 Å². The Bertz CT molecular complexity index is 849. The Morgan fingerprint density at radius 3 is 2.15 bits per heavy atom. The standard InChI is InChI=1S/C34H55NO6/c1-4-5-6-7-8-9-10-11-12-13-23-39-33(36)20-21-34(37)41-32(25-35-28(2)3)27-40-31-18-16-29(17-19-31)22-24-38-26-30-14-15-30/h16-21,28,30,32,35H,4-15,22-27H2,1-3H3/b21-20-. The lowest BCUT2D eigenvalue weighted by molar-refractivity contribution is -0.145. The zero-order chi connectivity index (χ0) is 29.5. The molecule has 1 N–H and O–H groups in total. The van der Waals surface area contributed by atoms with Crippen molar-refractivity contribution in [2.45, 2.75) is 116 Å². The molecule has 7 nitrogen and oxygen atoms in total. The van der Waals surface area contributed by atoms with Gasteiger partial charge < -0.3 is 24.3 Å².